The van der Waals surface area contributed by atoms with Crippen molar-refractivity contribution in [1.82, 2.24) is 0 Å². The van der Waals surface area contributed by atoms with E-state index in [1.807, 2.05) is 20.8 Å². The molecular formula is C14H17F4N. The Bertz CT molecular complexity index is 467. The van der Waals surface area contributed by atoms with Crippen molar-refractivity contribution >= 4 is 5.69 Å². The average molecular weight is 275 g/mol. The van der Waals surface area contributed by atoms with Crippen molar-refractivity contribution in [3.63, 3.8) is 0 Å². The smallest absolute Gasteiger partial charge is 0.370 e. The van der Waals surface area contributed by atoms with E-state index in [0.29, 0.717) is 11.3 Å². The van der Waals surface area contributed by atoms with E-state index >= 15 is 0 Å². The molecule has 1 aromatic rings. The summed E-state index contributed by atoms with van der Waals surface area (Å²) in [5, 5.41) is 0. The molecule has 0 radical (unpaired) electrons. The van der Waals surface area contributed by atoms with E-state index in [4.69, 9.17) is 0 Å². The van der Waals surface area contributed by atoms with Crippen LogP contribution < -0.4 is 4.90 Å². The van der Waals surface area contributed by atoms with Gasteiger partial charge in [0.05, 0.1) is 5.92 Å². The third kappa shape index (κ3) is 2.85. The van der Waals surface area contributed by atoms with Crippen LogP contribution in [0.25, 0.3) is 0 Å². The monoisotopic (exact) mass is 275 g/mol. The summed E-state index contributed by atoms with van der Waals surface area (Å²) in [5.74, 6) is -1.65. The molecule has 0 aromatic heterocycles. The van der Waals surface area contributed by atoms with Crippen LogP contribution in [0, 0.1) is 11.7 Å². The molecule has 106 valence electrons. The average Bonchev–Trinajstić information content (AvgIpc) is 2.10. The lowest BCUT2D eigenvalue weighted by molar-refractivity contribution is -0.180. The molecule has 2 rings (SSSR count). The van der Waals surface area contributed by atoms with Crippen molar-refractivity contribution in [2.24, 2.45) is 5.92 Å². The molecule has 0 aliphatic carbocycles. The third-order valence-electron chi connectivity index (χ3n) is 3.47. The molecule has 0 bridgehead atoms. The van der Waals surface area contributed by atoms with Gasteiger partial charge >= 0.3 is 6.18 Å². The van der Waals surface area contributed by atoms with Gasteiger partial charge in [0.25, 0.3) is 0 Å². The quantitative estimate of drug-likeness (QED) is 0.697. The van der Waals surface area contributed by atoms with Crippen LogP contribution in [0.1, 0.15) is 26.3 Å². The molecule has 1 aliphatic heterocycles. The number of hydrogen-bond acceptors (Lipinski definition) is 1. The summed E-state index contributed by atoms with van der Waals surface area (Å²) >= 11 is 0. The van der Waals surface area contributed by atoms with Crippen molar-refractivity contribution < 1.29 is 17.6 Å². The molecule has 1 fully saturated rings. The number of hydrogen-bond donors (Lipinski definition) is 0. The normalized spacial score (nSPS) is 17.5. The van der Waals surface area contributed by atoms with Crippen LogP contribution in [0.2, 0.25) is 0 Å². The van der Waals surface area contributed by atoms with Crippen molar-refractivity contribution in [3.05, 3.63) is 29.6 Å². The minimum absolute atomic E-state index is 0.0855. The molecule has 0 amide bonds. The lowest BCUT2D eigenvalue weighted by Crippen LogP contribution is -2.53. The second kappa shape index (κ2) is 4.39. The van der Waals surface area contributed by atoms with E-state index in [2.05, 4.69) is 0 Å². The van der Waals surface area contributed by atoms with E-state index in [-0.39, 0.29) is 24.3 Å². The van der Waals surface area contributed by atoms with Crippen molar-refractivity contribution in [2.45, 2.75) is 32.4 Å². The second-order valence-electron chi connectivity index (χ2n) is 6.06. The van der Waals surface area contributed by atoms with Crippen molar-refractivity contribution in [1.29, 1.82) is 0 Å². The van der Waals surface area contributed by atoms with Crippen LogP contribution in [-0.4, -0.2) is 19.3 Å². The maximum atomic E-state index is 13.9. The molecule has 1 saturated heterocycles. The standard InChI is InChI=1S/C14H17F4N/c1-13(2,3)11-5-4-10(6-12(11)15)19-7-9(8-19)14(16,17)18/h4-6,9H,7-8H2,1-3H3. The van der Waals surface area contributed by atoms with Gasteiger partial charge in [0.2, 0.25) is 0 Å². The highest BCUT2D eigenvalue weighted by Gasteiger charge is 2.47. The zero-order chi connectivity index (χ0) is 14.4. The lowest BCUT2D eigenvalue weighted by Gasteiger charge is -2.42. The first-order valence-corrected chi connectivity index (χ1v) is 6.21. The fourth-order valence-corrected chi connectivity index (χ4v) is 2.21. The van der Waals surface area contributed by atoms with Crippen LogP contribution in [0.4, 0.5) is 23.2 Å². The topological polar surface area (TPSA) is 3.24 Å². The van der Waals surface area contributed by atoms with Crippen LogP contribution in [0.5, 0.6) is 0 Å². The molecule has 1 aliphatic rings. The van der Waals surface area contributed by atoms with Gasteiger partial charge in [-0.3, -0.25) is 0 Å². The summed E-state index contributed by atoms with van der Waals surface area (Å²) in [6, 6.07) is 4.68. The van der Waals surface area contributed by atoms with E-state index in [9.17, 15) is 17.6 Å². The Kier molecular flexibility index (Phi) is 3.27. The highest BCUT2D eigenvalue weighted by Crippen LogP contribution is 2.37. The summed E-state index contributed by atoms with van der Waals surface area (Å²) in [6.45, 7) is 5.52. The number of anilines is 1. The molecule has 0 spiro atoms. The van der Waals surface area contributed by atoms with Crippen LogP contribution in [0.15, 0.2) is 18.2 Å². The SMILES string of the molecule is CC(C)(C)c1ccc(N2CC(C(F)(F)F)C2)cc1F. The number of benzene rings is 1. The van der Waals surface area contributed by atoms with E-state index in [1.54, 1.807) is 17.0 Å². The number of halogens is 4. The predicted molar refractivity (Wildman–Crippen MR) is 66.9 cm³/mol. The fraction of sp³-hybridized carbons (Fsp3) is 0.571. The molecule has 0 atom stereocenters. The summed E-state index contributed by atoms with van der Waals surface area (Å²) in [6.07, 6.45) is -4.15. The minimum Gasteiger partial charge on any atom is -0.370 e. The molecule has 0 N–H and O–H groups in total. The molecule has 5 heteroatoms. The van der Waals surface area contributed by atoms with Crippen LogP contribution in [-0.2, 0) is 5.41 Å². The van der Waals surface area contributed by atoms with Gasteiger partial charge in [-0.2, -0.15) is 13.2 Å². The van der Waals surface area contributed by atoms with Gasteiger partial charge < -0.3 is 4.90 Å². The zero-order valence-corrected chi connectivity index (χ0v) is 11.2. The Morgan fingerprint density at radius 2 is 1.68 bits per heavy atom. The van der Waals surface area contributed by atoms with Gasteiger partial charge in [-0.1, -0.05) is 26.8 Å². The van der Waals surface area contributed by atoms with Gasteiger partial charge in [-0.05, 0) is 23.1 Å². The minimum atomic E-state index is -4.15. The Morgan fingerprint density at radius 1 is 1.11 bits per heavy atom. The second-order valence-corrected chi connectivity index (χ2v) is 6.06. The van der Waals surface area contributed by atoms with Gasteiger partial charge in [0.1, 0.15) is 5.82 Å². The summed E-state index contributed by atoms with van der Waals surface area (Å²) in [7, 11) is 0. The fourth-order valence-electron chi connectivity index (χ4n) is 2.21. The van der Waals surface area contributed by atoms with E-state index in [0.717, 1.165) is 0 Å². The highest BCUT2D eigenvalue weighted by atomic mass is 19.4. The van der Waals surface area contributed by atoms with Crippen molar-refractivity contribution in [2.75, 3.05) is 18.0 Å². The van der Waals surface area contributed by atoms with Gasteiger partial charge in [0, 0.05) is 18.8 Å². The number of nitrogens with zero attached hydrogens (tertiary/aromatic N) is 1. The number of alkyl halides is 3. The summed E-state index contributed by atoms with van der Waals surface area (Å²) in [5.41, 5.74) is 0.779. The summed E-state index contributed by atoms with van der Waals surface area (Å²) < 4.78 is 51.1. The van der Waals surface area contributed by atoms with Crippen molar-refractivity contribution in [3.8, 4) is 0 Å². The number of rotatable bonds is 1. The van der Waals surface area contributed by atoms with E-state index < -0.39 is 12.1 Å². The maximum absolute atomic E-state index is 13.9. The van der Waals surface area contributed by atoms with Crippen LogP contribution >= 0.6 is 0 Å². The first kappa shape index (κ1) is 14.2. The Labute approximate surface area is 110 Å². The Morgan fingerprint density at radius 3 is 2.11 bits per heavy atom. The van der Waals surface area contributed by atoms with Gasteiger partial charge in [-0.25, -0.2) is 4.39 Å². The molecule has 19 heavy (non-hydrogen) atoms. The van der Waals surface area contributed by atoms with E-state index in [1.165, 1.54) is 6.07 Å². The maximum Gasteiger partial charge on any atom is 0.395 e. The van der Waals surface area contributed by atoms with Gasteiger partial charge in [0.15, 0.2) is 0 Å². The van der Waals surface area contributed by atoms with Gasteiger partial charge in [-0.15, -0.1) is 0 Å². The lowest BCUT2D eigenvalue weighted by atomic mass is 9.86. The molecular weight excluding hydrogens is 258 g/mol. The summed E-state index contributed by atoms with van der Waals surface area (Å²) in [4.78, 5) is 1.55. The third-order valence-corrected chi connectivity index (χ3v) is 3.47. The Balaban J connectivity index is 2.11. The largest absolute Gasteiger partial charge is 0.395 e. The molecule has 0 unspecified atom stereocenters. The first-order chi connectivity index (χ1) is 8.59. The van der Waals surface area contributed by atoms with Crippen LogP contribution in [0.3, 0.4) is 0 Å². The molecule has 1 nitrogen and oxygen atoms in total. The predicted octanol–water partition coefficient (Wildman–Crippen LogP) is 4.12. The molecule has 0 saturated carbocycles. The zero-order valence-electron chi connectivity index (χ0n) is 11.2. The molecule has 1 aromatic carbocycles. The highest BCUT2D eigenvalue weighted by molar-refractivity contribution is 5.51. The first-order valence-electron chi connectivity index (χ1n) is 6.21. The molecule has 1 heterocycles. The Hall–Kier alpha value is -1.26.